The van der Waals surface area contributed by atoms with Crippen LogP contribution in [-0.4, -0.2) is 22.0 Å². The standard InChI is InChI=1S/C11H10N2O3/c1-2-3-6-9(14)13-8-5-4-7-12-10(8)11(15)16/h1,4-5,7H,3,6H2,(H,13,14)(H,15,16). The molecule has 0 atom stereocenters. The van der Waals surface area contributed by atoms with Crippen molar-refractivity contribution in [3.8, 4) is 12.3 Å². The lowest BCUT2D eigenvalue weighted by molar-refractivity contribution is -0.116. The van der Waals surface area contributed by atoms with Gasteiger partial charge >= 0.3 is 5.97 Å². The Bertz CT molecular complexity index is 449. The summed E-state index contributed by atoms with van der Waals surface area (Å²) in [5.41, 5.74) is -0.00595. The molecule has 0 saturated carbocycles. The fraction of sp³-hybridized carbons (Fsp3) is 0.182. The Labute approximate surface area is 92.5 Å². The first-order valence-corrected chi connectivity index (χ1v) is 4.56. The Hall–Kier alpha value is -2.35. The van der Waals surface area contributed by atoms with Crippen LogP contribution >= 0.6 is 0 Å². The van der Waals surface area contributed by atoms with E-state index in [-0.39, 0.29) is 23.7 Å². The molecule has 82 valence electrons. The van der Waals surface area contributed by atoms with E-state index in [2.05, 4.69) is 16.2 Å². The van der Waals surface area contributed by atoms with Crippen LogP contribution in [-0.2, 0) is 4.79 Å². The third-order valence-corrected chi connectivity index (χ3v) is 1.78. The number of rotatable bonds is 4. The van der Waals surface area contributed by atoms with Crippen molar-refractivity contribution in [2.45, 2.75) is 12.8 Å². The van der Waals surface area contributed by atoms with E-state index in [1.165, 1.54) is 12.3 Å². The molecule has 1 rings (SSSR count). The summed E-state index contributed by atoms with van der Waals surface area (Å²) in [6, 6.07) is 3.02. The van der Waals surface area contributed by atoms with Gasteiger partial charge in [0.2, 0.25) is 5.91 Å². The largest absolute Gasteiger partial charge is 0.476 e. The number of carboxylic acid groups (broad SMARTS) is 1. The van der Waals surface area contributed by atoms with Gasteiger partial charge < -0.3 is 10.4 Å². The number of carbonyl (C=O) groups is 2. The number of aromatic nitrogens is 1. The molecule has 0 aliphatic heterocycles. The number of anilines is 1. The van der Waals surface area contributed by atoms with Gasteiger partial charge in [-0.05, 0) is 12.1 Å². The van der Waals surface area contributed by atoms with Crippen molar-refractivity contribution >= 4 is 17.6 Å². The number of aromatic carboxylic acids is 1. The second-order valence-electron chi connectivity index (χ2n) is 2.96. The molecule has 0 spiro atoms. The molecule has 0 aromatic carbocycles. The summed E-state index contributed by atoms with van der Waals surface area (Å²) in [4.78, 5) is 25.7. The molecule has 5 nitrogen and oxygen atoms in total. The van der Waals surface area contributed by atoms with Crippen LogP contribution in [0.25, 0.3) is 0 Å². The minimum absolute atomic E-state index is 0.157. The number of nitrogens with zero attached hydrogens (tertiary/aromatic N) is 1. The zero-order chi connectivity index (χ0) is 12.0. The van der Waals surface area contributed by atoms with Crippen LogP contribution in [0.3, 0.4) is 0 Å². The molecular formula is C11H10N2O3. The molecule has 0 aliphatic rings. The Balaban J connectivity index is 2.77. The Morgan fingerprint density at radius 1 is 1.56 bits per heavy atom. The third kappa shape index (κ3) is 3.10. The molecule has 16 heavy (non-hydrogen) atoms. The highest BCUT2D eigenvalue weighted by molar-refractivity contribution is 5.99. The van der Waals surface area contributed by atoms with Crippen molar-refractivity contribution in [2.24, 2.45) is 0 Å². The van der Waals surface area contributed by atoms with Crippen LogP contribution < -0.4 is 5.32 Å². The topological polar surface area (TPSA) is 79.3 Å². The van der Waals surface area contributed by atoms with E-state index in [0.717, 1.165) is 0 Å². The number of pyridine rings is 1. The van der Waals surface area contributed by atoms with Gasteiger partial charge in [-0.2, -0.15) is 0 Å². The summed E-state index contributed by atoms with van der Waals surface area (Å²) in [7, 11) is 0. The Morgan fingerprint density at radius 2 is 2.31 bits per heavy atom. The summed E-state index contributed by atoms with van der Waals surface area (Å²) in [6.45, 7) is 0. The van der Waals surface area contributed by atoms with Gasteiger partial charge in [0, 0.05) is 19.0 Å². The van der Waals surface area contributed by atoms with Gasteiger partial charge in [0.15, 0.2) is 5.69 Å². The molecule has 0 fully saturated rings. The Kier molecular flexibility index (Phi) is 4.04. The minimum Gasteiger partial charge on any atom is -0.476 e. The molecule has 0 radical (unpaired) electrons. The molecule has 2 N–H and O–H groups in total. The normalized spacial score (nSPS) is 9.19. The maximum absolute atomic E-state index is 11.3. The highest BCUT2D eigenvalue weighted by Gasteiger charge is 2.12. The van der Waals surface area contributed by atoms with Crippen molar-refractivity contribution in [1.82, 2.24) is 4.98 Å². The molecular weight excluding hydrogens is 208 g/mol. The lowest BCUT2D eigenvalue weighted by atomic mass is 10.2. The highest BCUT2D eigenvalue weighted by atomic mass is 16.4. The number of amides is 1. The number of nitrogens with one attached hydrogen (secondary N) is 1. The first kappa shape index (κ1) is 11.7. The average molecular weight is 218 g/mol. The lowest BCUT2D eigenvalue weighted by Gasteiger charge is -2.05. The van der Waals surface area contributed by atoms with E-state index in [9.17, 15) is 9.59 Å². The van der Waals surface area contributed by atoms with Crippen LogP contribution in [0, 0.1) is 12.3 Å². The number of hydrogen-bond acceptors (Lipinski definition) is 3. The number of terminal acetylenes is 1. The summed E-state index contributed by atoms with van der Waals surface area (Å²) in [5.74, 6) is 0.816. The van der Waals surface area contributed by atoms with E-state index < -0.39 is 5.97 Å². The van der Waals surface area contributed by atoms with Gasteiger partial charge in [0.25, 0.3) is 0 Å². The predicted octanol–water partition coefficient (Wildman–Crippen LogP) is 1.13. The van der Waals surface area contributed by atoms with Crippen LogP contribution in [0.2, 0.25) is 0 Å². The summed E-state index contributed by atoms with van der Waals surface area (Å²) in [6.07, 6.45) is 6.83. The van der Waals surface area contributed by atoms with Crippen molar-refractivity contribution in [2.75, 3.05) is 5.32 Å². The van der Waals surface area contributed by atoms with Crippen molar-refractivity contribution in [1.29, 1.82) is 0 Å². The van der Waals surface area contributed by atoms with Crippen molar-refractivity contribution in [3.05, 3.63) is 24.0 Å². The van der Waals surface area contributed by atoms with E-state index >= 15 is 0 Å². The zero-order valence-corrected chi connectivity index (χ0v) is 8.43. The lowest BCUT2D eigenvalue weighted by Crippen LogP contribution is -2.14. The van der Waals surface area contributed by atoms with Gasteiger partial charge in [-0.25, -0.2) is 9.78 Å². The Morgan fingerprint density at radius 3 is 2.94 bits per heavy atom. The SMILES string of the molecule is C#CCCC(=O)Nc1cccnc1C(=O)O. The fourth-order valence-corrected chi connectivity index (χ4v) is 1.07. The van der Waals surface area contributed by atoms with Gasteiger partial charge in [0.05, 0.1) is 5.69 Å². The van der Waals surface area contributed by atoms with Gasteiger partial charge in [-0.1, -0.05) is 0 Å². The van der Waals surface area contributed by atoms with Crippen molar-refractivity contribution < 1.29 is 14.7 Å². The molecule has 0 aliphatic carbocycles. The molecule has 0 bridgehead atoms. The molecule has 0 saturated heterocycles. The first-order valence-electron chi connectivity index (χ1n) is 4.56. The average Bonchev–Trinajstić information content (AvgIpc) is 2.27. The molecule has 0 unspecified atom stereocenters. The molecule has 1 heterocycles. The van der Waals surface area contributed by atoms with Gasteiger partial charge in [-0.15, -0.1) is 12.3 Å². The van der Waals surface area contributed by atoms with Crippen LogP contribution in [0.5, 0.6) is 0 Å². The maximum atomic E-state index is 11.3. The molecule has 1 aromatic rings. The number of carbonyl (C=O) groups excluding carboxylic acids is 1. The van der Waals surface area contributed by atoms with E-state index in [0.29, 0.717) is 6.42 Å². The minimum atomic E-state index is -1.19. The quantitative estimate of drug-likeness (QED) is 0.742. The van der Waals surface area contributed by atoms with Crippen LogP contribution in [0.4, 0.5) is 5.69 Å². The summed E-state index contributed by atoms with van der Waals surface area (Å²) >= 11 is 0. The van der Waals surface area contributed by atoms with Gasteiger partial charge in [-0.3, -0.25) is 4.79 Å². The first-order chi connectivity index (χ1) is 7.65. The summed E-state index contributed by atoms with van der Waals surface area (Å²) < 4.78 is 0. The second-order valence-corrected chi connectivity index (χ2v) is 2.96. The summed E-state index contributed by atoms with van der Waals surface area (Å²) in [5, 5.41) is 11.3. The van der Waals surface area contributed by atoms with Gasteiger partial charge in [0.1, 0.15) is 0 Å². The molecule has 1 amide bonds. The van der Waals surface area contributed by atoms with E-state index in [1.807, 2.05) is 0 Å². The van der Waals surface area contributed by atoms with Crippen LogP contribution in [0.1, 0.15) is 23.3 Å². The van der Waals surface area contributed by atoms with Crippen molar-refractivity contribution in [3.63, 3.8) is 0 Å². The highest BCUT2D eigenvalue weighted by Crippen LogP contribution is 2.12. The second kappa shape index (κ2) is 5.51. The maximum Gasteiger partial charge on any atom is 0.356 e. The fourth-order valence-electron chi connectivity index (χ4n) is 1.07. The third-order valence-electron chi connectivity index (χ3n) is 1.78. The predicted molar refractivity (Wildman–Crippen MR) is 57.9 cm³/mol. The smallest absolute Gasteiger partial charge is 0.356 e. The monoisotopic (exact) mass is 218 g/mol. The van der Waals surface area contributed by atoms with E-state index in [4.69, 9.17) is 11.5 Å². The van der Waals surface area contributed by atoms with Crippen LogP contribution in [0.15, 0.2) is 18.3 Å². The molecule has 1 aromatic heterocycles. The molecule has 5 heteroatoms. The number of hydrogen-bond donors (Lipinski definition) is 2. The zero-order valence-electron chi connectivity index (χ0n) is 8.43. The van der Waals surface area contributed by atoms with E-state index in [1.54, 1.807) is 6.07 Å². The number of carboxylic acids is 1.